The normalized spacial score (nSPS) is 13.3. The van der Waals surface area contributed by atoms with E-state index in [2.05, 4.69) is 60.7 Å². The molecule has 0 saturated carbocycles. The van der Waals surface area contributed by atoms with Crippen molar-refractivity contribution >= 4 is 16.9 Å². The molecule has 4 heteroatoms. The molecule has 3 aromatic rings. The van der Waals surface area contributed by atoms with Crippen LogP contribution in [-0.2, 0) is 26.8 Å². The van der Waals surface area contributed by atoms with Crippen molar-refractivity contribution in [3.8, 4) is 5.75 Å². The molecule has 0 fully saturated rings. The molecule has 0 spiro atoms. The molecular weight excluding hydrogens is 404 g/mol. The molecule has 3 nitrogen and oxygen atoms in total. The number of aryl methyl sites for hydroxylation is 2. The van der Waals surface area contributed by atoms with Gasteiger partial charge in [0.15, 0.2) is 21.3 Å². The van der Waals surface area contributed by atoms with Crippen molar-refractivity contribution in [1.82, 2.24) is 0 Å². The van der Waals surface area contributed by atoms with Gasteiger partial charge in [-0.1, -0.05) is 36.4 Å². The van der Waals surface area contributed by atoms with E-state index in [1.54, 1.807) is 0 Å². The van der Waals surface area contributed by atoms with Crippen molar-refractivity contribution < 1.29 is 14.3 Å². The number of esters is 1. The summed E-state index contributed by atoms with van der Waals surface area (Å²) in [6.07, 6.45) is 0.977. The summed E-state index contributed by atoms with van der Waals surface area (Å²) < 4.78 is 11.3. The summed E-state index contributed by atoms with van der Waals surface area (Å²) in [5.74, 6) is 0.407. The highest BCUT2D eigenvalue weighted by molar-refractivity contribution is 7.97. The minimum Gasteiger partial charge on any atom is -0.481 e. The monoisotopic (exact) mass is 433 g/mol. The zero-order chi connectivity index (χ0) is 22.2. The third-order valence-electron chi connectivity index (χ3n) is 5.19. The van der Waals surface area contributed by atoms with Gasteiger partial charge in [-0.15, -0.1) is 0 Å². The Morgan fingerprint density at radius 1 is 0.903 bits per heavy atom. The standard InChI is InChI=1S/C27H29O3S/c1-18-14-22(15-19(2)26(18)29-17-25(28)30-27(3,4)5)31-23-12-8-6-10-20(23)16-21-11-7-9-13-24(21)31/h6-15H,16-17H2,1-5H3/q+1. The van der Waals surface area contributed by atoms with Crippen LogP contribution >= 0.6 is 0 Å². The number of benzene rings is 3. The van der Waals surface area contributed by atoms with Crippen LogP contribution in [0, 0.1) is 13.8 Å². The maximum Gasteiger partial charge on any atom is 0.344 e. The second kappa shape index (κ2) is 8.43. The smallest absolute Gasteiger partial charge is 0.344 e. The highest BCUT2D eigenvalue weighted by Crippen LogP contribution is 2.42. The molecule has 31 heavy (non-hydrogen) atoms. The van der Waals surface area contributed by atoms with E-state index < -0.39 is 5.60 Å². The first-order chi connectivity index (χ1) is 14.7. The van der Waals surface area contributed by atoms with E-state index in [-0.39, 0.29) is 23.5 Å². The number of ether oxygens (including phenoxy) is 2. The minimum absolute atomic E-state index is 0.0876. The zero-order valence-electron chi connectivity index (χ0n) is 18.8. The van der Waals surface area contributed by atoms with Crippen LogP contribution in [-0.4, -0.2) is 18.2 Å². The van der Waals surface area contributed by atoms with Gasteiger partial charge in [0.2, 0.25) is 0 Å². The lowest BCUT2D eigenvalue weighted by Gasteiger charge is -2.21. The molecule has 0 aromatic heterocycles. The first kappa shape index (κ1) is 21.5. The number of fused-ring (bicyclic) bond motifs is 2. The van der Waals surface area contributed by atoms with Crippen LogP contribution < -0.4 is 4.74 Å². The van der Waals surface area contributed by atoms with Crippen LogP contribution in [0.5, 0.6) is 5.75 Å². The number of carbonyl (C=O) groups is 1. The fourth-order valence-electron chi connectivity index (χ4n) is 4.03. The molecule has 0 radical (unpaired) electrons. The number of hydrogen-bond acceptors (Lipinski definition) is 3. The molecule has 0 atom stereocenters. The van der Waals surface area contributed by atoms with Crippen molar-refractivity contribution in [2.75, 3.05) is 6.61 Å². The second-order valence-electron chi connectivity index (χ2n) is 8.96. The Morgan fingerprint density at radius 3 is 1.94 bits per heavy atom. The summed E-state index contributed by atoms with van der Waals surface area (Å²) >= 11 is 0. The molecule has 0 bridgehead atoms. The van der Waals surface area contributed by atoms with Gasteiger partial charge in [0, 0.05) is 29.7 Å². The van der Waals surface area contributed by atoms with Crippen molar-refractivity contribution in [2.45, 2.75) is 61.3 Å². The molecule has 0 N–H and O–H groups in total. The quantitative estimate of drug-likeness (QED) is 0.291. The lowest BCUT2D eigenvalue weighted by molar-refractivity contribution is -0.157. The van der Waals surface area contributed by atoms with Gasteiger partial charge in [0.05, 0.1) is 10.9 Å². The van der Waals surface area contributed by atoms with Gasteiger partial charge in [-0.2, -0.15) is 0 Å². The van der Waals surface area contributed by atoms with E-state index in [0.717, 1.165) is 23.3 Å². The number of carbonyl (C=O) groups excluding carboxylic acids is 1. The average Bonchev–Trinajstić information content (AvgIpc) is 2.70. The van der Waals surface area contributed by atoms with E-state index in [1.165, 1.54) is 25.8 Å². The Hall–Kier alpha value is -2.72. The van der Waals surface area contributed by atoms with Gasteiger partial charge in [-0.05, 0) is 57.9 Å². The van der Waals surface area contributed by atoms with Crippen molar-refractivity contribution in [3.05, 3.63) is 82.9 Å². The second-order valence-corrected chi connectivity index (χ2v) is 10.9. The maximum absolute atomic E-state index is 12.1. The molecule has 0 saturated heterocycles. The maximum atomic E-state index is 12.1. The molecule has 3 aromatic carbocycles. The third kappa shape index (κ3) is 4.64. The summed E-state index contributed by atoms with van der Waals surface area (Å²) in [5.41, 5.74) is 4.34. The zero-order valence-corrected chi connectivity index (χ0v) is 19.6. The van der Waals surface area contributed by atoms with Crippen molar-refractivity contribution in [3.63, 3.8) is 0 Å². The van der Waals surface area contributed by atoms with Gasteiger partial charge < -0.3 is 9.47 Å². The topological polar surface area (TPSA) is 35.5 Å². The first-order valence-corrected chi connectivity index (χ1v) is 11.8. The number of rotatable bonds is 4. The van der Waals surface area contributed by atoms with Crippen LogP contribution in [0.4, 0.5) is 0 Å². The predicted octanol–water partition coefficient (Wildman–Crippen LogP) is 6.02. The van der Waals surface area contributed by atoms with Gasteiger partial charge >= 0.3 is 5.97 Å². The Bertz CT molecular complexity index is 1060. The van der Waals surface area contributed by atoms with Gasteiger partial charge in [0.1, 0.15) is 11.4 Å². The van der Waals surface area contributed by atoms with Gasteiger partial charge in [-0.3, -0.25) is 0 Å². The van der Waals surface area contributed by atoms with Gasteiger partial charge in [0.25, 0.3) is 0 Å². The fraction of sp³-hybridized carbons (Fsp3) is 0.296. The first-order valence-electron chi connectivity index (χ1n) is 10.6. The summed E-state index contributed by atoms with van der Waals surface area (Å²) in [5, 5.41) is 0. The van der Waals surface area contributed by atoms with E-state index >= 15 is 0 Å². The third-order valence-corrected chi connectivity index (χ3v) is 7.57. The lowest BCUT2D eigenvalue weighted by Crippen LogP contribution is -2.27. The van der Waals surface area contributed by atoms with E-state index in [9.17, 15) is 4.79 Å². The van der Waals surface area contributed by atoms with Crippen LogP contribution in [0.15, 0.2) is 75.4 Å². The summed E-state index contributed by atoms with van der Waals surface area (Å²) in [6.45, 7) is 9.58. The Labute approximate surface area is 187 Å². The minimum atomic E-state index is -0.517. The summed E-state index contributed by atoms with van der Waals surface area (Å²) in [6, 6.07) is 21.9. The molecule has 0 unspecified atom stereocenters. The lowest BCUT2D eigenvalue weighted by atomic mass is 10.0. The Morgan fingerprint density at radius 2 is 1.42 bits per heavy atom. The highest BCUT2D eigenvalue weighted by Gasteiger charge is 2.37. The van der Waals surface area contributed by atoms with Crippen LogP contribution in [0.25, 0.3) is 0 Å². The van der Waals surface area contributed by atoms with Crippen molar-refractivity contribution in [1.29, 1.82) is 0 Å². The molecule has 0 amide bonds. The van der Waals surface area contributed by atoms with Gasteiger partial charge in [-0.25, -0.2) is 4.79 Å². The number of hydrogen-bond donors (Lipinski definition) is 0. The molecule has 160 valence electrons. The summed E-state index contributed by atoms with van der Waals surface area (Å²) in [7, 11) is -0.160. The Balaban J connectivity index is 1.67. The van der Waals surface area contributed by atoms with E-state index in [0.29, 0.717) is 0 Å². The van der Waals surface area contributed by atoms with Crippen molar-refractivity contribution in [2.24, 2.45) is 0 Å². The highest BCUT2D eigenvalue weighted by atomic mass is 32.2. The summed E-state index contributed by atoms with van der Waals surface area (Å²) in [4.78, 5) is 16.2. The molecule has 1 aliphatic rings. The van der Waals surface area contributed by atoms with Crippen LogP contribution in [0.2, 0.25) is 0 Å². The Kier molecular flexibility index (Phi) is 5.85. The molecule has 1 aliphatic heterocycles. The van der Waals surface area contributed by atoms with E-state index in [1.807, 2.05) is 34.6 Å². The predicted molar refractivity (Wildman–Crippen MR) is 125 cm³/mol. The fourth-order valence-corrected chi connectivity index (χ4v) is 6.60. The van der Waals surface area contributed by atoms with Crippen LogP contribution in [0.1, 0.15) is 43.0 Å². The largest absolute Gasteiger partial charge is 0.481 e. The molecular formula is C27H29O3S+. The molecule has 1 heterocycles. The molecule has 4 rings (SSSR count). The average molecular weight is 434 g/mol. The molecule has 0 aliphatic carbocycles. The SMILES string of the molecule is Cc1cc([S+]2c3ccccc3Cc3ccccc32)cc(C)c1OCC(=O)OC(C)(C)C. The van der Waals surface area contributed by atoms with Crippen LogP contribution in [0.3, 0.4) is 0 Å². The van der Waals surface area contributed by atoms with E-state index in [4.69, 9.17) is 9.47 Å².